The number of aryl methyl sites for hydroxylation is 1. The van der Waals surface area contributed by atoms with Crippen LogP contribution in [0.15, 0.2) is 48.6 Å². The Morgan fingerprint density at radius 3 is 2.85 bits per heavy atom. The number of anilines is 1. The first kappa shape index (κ1) is 17.3. The number of rotatable bonds is 3. The highest BCUT2D eigenvalue weighted by molar-refractivity contribution is 5.94. The van der Waals surface area contributed by atoms with Gasteiger partial charge in [-0.1, -0.05) is 30.4 Å². The fourth-order valence-electron chi connectivity index (χ4n) is 4.30. The van der Waals surface area contributed by atoms with E-state index < -0.39 is 0 Å². The molecule has 6 nitrogen and oxygen atoms in total. The number of nitro groups is 1. The Bertz CT molecular complexity index is 967. The van der Waals surface area contributed by atoms with E-state index in [4.69, 9.17) is 4.74 Å². The third kappa shape index (κ3) is 2.77. The number of carbonyl (C=O) groups is 1. The number of carbonyl (C=O) groups excluding carboxylic acids is 1. The van der Waals surface area contributed by atoms with Crippen LogP contribution in [0.25, 0.3) is 0 Å². The van der Waals surface area contributed by atoms with Crippen LogP contribution >= 0.6 is 0 Å². The van der Waals surface area contributed by atoms with Gasteiger partial charge in [-0.05, 0) is 42.0 Å². The predicted molar refractivity (Wildman–Crippen MR) is 102 cm³/mol. The van der Waals surface area contributed by atoms with Gasteiger partial charge in [-0.3, -0.25) is 10.1 Å². The van der Waals surface area contributed by atoms with E-state index in [0.29, 0.717) is 5.56 Å². The Labute approximate surface area is 157 Å². The minimum absolute atomic E-state index is 0.0657. The zero-order valence-corrected chi connectivity index (χ0v) is 15.1. The van der Waals surface area contributed by atoms with Crippen molar-refractivity contribution in [1.82, 2.24) is 0 Å². The zero-order chi connectivity index (χ0) is 19.1. The third-order valence-electron chi connectivity index (χ3n) is 5.57. The number of hydrogen-bond acceptors (Lipinski definition) is 5. The van der Waals surface area contributed by atoms with Crippen LogP contribution in [0.3, 0.4) is 0 Å². The van der Waals surface area contributed by atoms with Crippen LogP contribution in [0.2, 0.25) is 0 Å². The van der Waals surface area contributed by atoms with Gasteiger partial charge in [0.2, 0.25) is 0 Å². The van der Waals surface area contributed by atoms with Gasteiger partial charge in [0.05, 0.1) is 23.6 Å². The van der Waals surface area contributed by atoms with Crippen molar-refractivity contribution in [3.8, 4) is 0 Å². The summed E-state index contributed by atoms with van der Waals surface area (Å²) in [7, 11) is 1.39. The first-order chi connectivity index (χ1) is 13.0. The van der Waals surface area contributed by atoms with E-state index in [9.17, 15) is 14.9 Å². The maximum absolute atomic E-state index is 12.3. The Morgan fingerprint density at radius 1 is 1.30 bits per heavy atom. The van der Waals surface area contributed by atoms with Gasteiger partial charge in [0.1, 0.15) is 0 Å². The topological polar surface area (TPSA) is 81.5 Å². The molecule has 4 rings (SSSR count). The average Bonchev–Trinajstić information content (AvgIpc) is 3.17. The van der Waals surface area contributed by atoms with E-state index in [2.05, 4.69) is 17.5 Å². The molecule has 1 aliphatic carbocycles. The van der Waals surface area contributed by atoms with E-state index in [-0.39, 0.29) is 34.5 Å². The smallest absolute Gasteiger partial charge is 0.338 e. The molecule has 1 heterocycles. The van der Waals surface area contributed by atoms with Crippen molar-refractivity contribution in [3.05, 3.63) is 80.9 Å². The average molecular weight is 364 g/mol. The second-order valence-corrected chi connectivity index (χ2v) is 7.04. The lowest BCUT2D eigenvalue weighted by Gasteiger charge is -2.39. The summed E-state index contributed by atoms with van der Waals surface area (Å²) in [6.45, 7) is 2.00. The van der Waals surface area contributed by atoms with Crippen LogP contribution in [0, 0.1) is 23.0 Å². The number of nitrogens with one attached hydrogen (secondary N) is 1. The van der Waals surface area contributed by atoms with Crippen LogP contribution in [0.4, 0.5) is 11.4 Å². The Balaban J connectivity index is 1.84. The number of benzene rings is 2. The molecule has 6 heteroatoms. The van der Waals surface area contributed by atoms with Crippen LogP contribution < -0.4 is 5.32 Å². The maximum Gasteiger partial charge on any atom is 0.338 e. The van der Waals surface area contributed by atoms with Crippen LogP contribution in [-0.2, 0) is 4.74 Å². The molecule has 0 saturated heterocycles. The van der Waals surface area contributed by atoms with Crippen molar-refractivity contribution in [2.24, 2.45) is 5.92 Å². The summed E-state index contributed by atoms with van der Waals surface area (Å²) >= 11 is 0. The second kappa shape index (κ2) is 6.54. The molecule has 2 aromatic rings. The lowest BCUT2D eigenvalue weighted by atomic mass is 9.74. The number of hydrogen-bond donors (Lipinski definition) is 1. The molecule has 1 aliphatic heterocycles. The zero-order valence-electron chi connectivity index (χ0n) is 15.1. The van der Waals surface area contributed by atoms with Crippen molar-refractivity contribution in [2.45, 2.75) is 25.3 Å². The molecular formula is C21H20N2O4. The molecule has 0 unspecified atom stereocenters. The molecule has 3 atom stereocenters. The third-order valence-corrected chi connectivity index (χ3v) is 5.57. The molecule has 0 amide bonds. The van der Waals surface area contributed by atoms with Crippen molar-refractivity contribution in [3.63, 3.8) is 0 Å². The lowest BCUT2D eigenvalue weighted by molar-refractivity contribution is -0.384. The summed E-state index contributed by atoms with van der Waals surface area (Å²) in [5.41, 5.74) is 4.46. The molecule has 0 fully saturated rings. The molecule has 1 N–H and O–H groups in total. The molecule has 0 saturated carbocycles. The summed E-state index contributed by atoms with van der Waals surface area (Å²) in [6, 6.07) is 10.4. The molecule has 0 radical (unpaired) electrons. The van der Waals surface area contributed by atoms with E-state index in [1.165, 1.54) is 13.2 Å². The highest BCUT2D eigenvalue weighted by Gasteiger charge is 2.41. The van der Waals surface area contributed by atoms with E-state index in [1.54, 1.807) is 12.1 Å². The van der Waals surface area contributed by atoms with E-state index in [0.717, 1.165) is 28.8 Å². The number of ether oxygens (including phenoxy) is 1. The number of allylic oxidation sites excluding steroid dienone is 2. The lowest BCUT2D eigenvalue weighted by Crippen LogP contribution is -2.31. The fourth-order valence-corrected chi connectivity index (χ4v) is 4.30. The molecule has 0 spiro atoms. The quantitative estimate of drug-likeness (QED) is 0.375. The van der Waals surface area contributed by atoms with Gasteiger partial charge in [-0.25, -0.2) is 4.79 Å². The molecular weight excluding hydrogens is 344 g/mol. The van der Waals surface area contributed by atoms with Gasteiger partial charge in [0.15, 0.2) is 0 Å². The largest absolute Gasteiger partial charge is 0.465 e. The number of esters is 1. The Hall–Kier alpha value is -3.15. The Morgan fingerprint density at radius 2 is 2.11 bits per heavy atom. The Kier molecular flexibility index (Phi) is 4.18. The summed E-state index contributed by atoms with van der Waals surface area (Å²) in [5.74, 6) is -0.0925. The normalized spacial score (nSPS) is 22.5. The molecule has 2 aromatic carbocycles. The molecule has 2 aliphatic rings. The van der Waals surface area contributed by atoms with Crippen LogP contribution in [0.1, 0.15) is 45.4 Å². The number of methoxy groups -OCH3 is 1. The molecule has 0 aromatic heterocycles. The van der Waals surface area contributed by atoms with Crippen molar-refractivity contribution < 1.29 is 14.5 Å². The summed E-state index contributed by atoms with van der Waals surface area (Å²) < 4.78 is 4.98. The van der Waals surface area contributed by atoms with Crippen LogP contribution in [0.5, 0.6) is 0 Å². The predicted octanol–water partition coefficient (Wildman–Crippen LogP) is 4.52. The van der Waals surface area contributed by atoms with Crippen LogP contribution in [-0.4, -0.2) is 18.0 Å². The number of fused-ring (bicyclic) bond motifs is 3. The van der Waals surface area contributed by atoms with Gasteiger partial charge >= 0.3 is 5.97 Å². The van der Waals surface area contributed by atoms with Gasteiger partial charge in [0.25, 0.3) is 5.69 Å². The molecule has 138 valence electrons. The minimum atomic E-state index is -0.370. The first-order valence-electron chi connectivity index (χ1n) is 8.90. The first-order valence-corrected chi connectivity index (χ1v) is 8.90. The highest BCUT2D eigenvalue weighted by atomic mass is 16.6. The number of nitrogens with zero attached hydrogens (tertiary/aromatic N) is 1. The van der Waals surface area contributed by atoms with Crippen molar-refractivity contribution >= 4 is 17.3 Å². The fraction of sp³-hybridized carbons (Fsp3) is 0.286. The minimum Gasteiger partial charge on any atom is -0.465 e. The van der Waals surface area contributed by atoms with Crippen molar-refractivity contribution in [1.29, 1.82) is 0 Å². The summed E-state index contributed by atoms with van der Waals surface area (Å²) in [6.07, 6.45) is 5.11. The monoisotopic (exact) mass is 364 g/mol. The molecule has 0 bridgehead atoms. The maximum atomic E-state index is 12.3. The summed E-state index contributed by atoms with van der Waals surface area (Å²) in [4.78, 5) is 23.1. The van der Waals surface area contributed by atoms with E-state index in [1.807, 2.05) is 25.1 Å². The SMILES string of the molecule is COC(=O)c1ccc(C)c2c1[C@@H]1C=CC[C@H]1[C@H](c1cccc([N+](=O)[O-])c1)N2. The second-order valence-electron chi connectivity index (χ2n) is 7.04. The summed E-state index contributed by atoms with van der Waals surface area (Å²) in [5, 5.41) is 14.8. The highest BCUT2D eigenvalue weighted by Crippen LogP contribution is 2.52. The van der Waals surface area contributed by atoms with Gasteiger partial charge in [-0.15, -0.1) is 0 Å². The van der Waals surface area contributed by atoms with E-state index >= 15 is 0 Å². The number of nitro benzene ring substituents is 1. The standard InChI is InChI=1S/C21H20N2O4/c1-12-9-10-17(21(24)27-2)18-15-7-4-8-16(15)20(22-19(12)18)13-5-3-6-14(11-13)23(25)26/h3-7,9-11,15-16,20,22H,8H2,1-2H3/t15-,16-,20+/m1/s1. The number of non-ortho nitro benzene ring substituents is 1. The van der Waals surface area contributed by atoms with Gasteiger partial charge in [0, 0.05) is 23.7 Å². The molecule has 27 heavy (non-hydrogen) atoms. The van der Waals surface area contributed by atoms with Gasteiger partial charge in [-0.2, -0.15) is 0 Å². The van der Waals surface area contributed by atoms with Crippen molar-refractivity contribution in [2.75, 3.05) is 12.4 Å². The van der Waals surface area contributed by atoms with Gasteiger partial charge < -0.3 is 10.1 Å².